The Labute approximate surface area is 86.1 Å². The molecule has 0 radical (unpaired) electrons. The minimum Gasteiger partial charge on any atom is -0.481 e. The van der Waals surface area contributed by atoms with Crippen molar-refractivity contribution in [2.75, 3.05) is 20.1 Å². The Bertz CT molecular complexity index is 194. The molecule has 0 spiro atoms. The molecule has 3 nitrogen and oxygen atoms in total. The Morgan fingerprint density at radius 1 is 1.64 bits per heavy atom. The van der Waals surface area contributed by atoms with Gasteiger partial charge < -0.3 is 10.0 Å². The van der Waals surface area contributed by atoms with Gasteiger partial charge in [-0.15, -0.1) is 0 Å². The van der Waals surface area contributed by atoms with Gasteiger partial charge in [0.2, 0.25) is 0 Å². The summed E-state index contributed by atoms with van der Waals surface area (Å²) in [5, 5.41) is 8.75. The van der Waals surface area contributed by atoms with E-state index in [1.165, 1.54) is 19.4 Å². The quantitative estimate of drug-likeness (QED) is 0.751. The summed E-state index contributed by atoms with van der Waals surface area (Å²) in [5.74, 6) is -0.119. The van der Waals surface area contributed by atoms with Crippen LogP contribution in [0.25, 0.3) is 0 Å². The second-order valence-corrected chi connectivity index (χ2v) is 4.59. The van der Waals surface area contributed by atoms with Crippen molar-refractivity contribution in [1.29, 1.82) is 0 Å². The number of carboxylic acids is 1. The maximum atomic E-state index is 10.6. The molecule has 0 aromatic heterocycles. The first-order valence-corrected chi connectivity index (χ1v) is 5.51. The second kappa shape index (κ2) is 5.35. The first-order valence-electron chi connectivity index (χ1n) is 5.51. The largest absolute Gasteiger partial charge is 0.481 e. The normalized spacial score (nSPS) is 26.0. The number of hydrogen-bond acceptors (Lipinski definition) is 2. The zero-order valence-corrected chi connectivity index (χ0v) is 9.20. The fourth-order valence-corrected chi connectivity index (χ4v) is 2.12. The van der Waals surface area contributed by atoms with Crippen LogP contribution in [0.3, 0.4) is 0 Å². The molecule has 0 amide bonds. The Kier molecular flexibility index (Phi) is 4.39. The summed E-state index contributed by atoms with van der Waals surface area (Å²) in [6.45, 7) is 4.15. The molecular formula is C11H21NO2. The molecule has 1 fully saturated rings. The smallest absolute Gasteiger partial charge is 0.306 e. The van der Waals surface area contributed by atoms with Crippen LogP contribution in [0.2, 0.25) is 0 Å². The number of carbonyl (C=O) groups is 1. The number of likely N-dealkylation sites (tertiary alicyclic amines) is 1. The van der Waals surface area contributed by atoms with E-state index >= 15 is 0 Å². The third-order valence-electron chi connectivity index (χ3n) is 3.15. The predicted molar refractivity (Wildman–Crippen MR) is 56.3 cm³/mol. The highest BCUT2D eigenvalue weighted by Gasteiger charge is 2.19. The lowest BCUT2D eigenvalue weighted by Crippen LogP contribution is -2.32. The first kappa shape index (κ1) is 11.5. The lowest BCUT2D eigenvalue weighted by molar-refractivity contribution is -0.141. The van der Waals surface area contributed by atoms with Crippen LogP contribution in [-0.2, 0) is 4.79 Å². The van der Waals surface area contributed by atoms with E-state index in [9.17, 15) is 4.79 Å². The summed E-state index contributed by atoms with van der Waals surface area (Å²) in [6, 6.07) is 0. The monoisotopic (exact) mass is 199 g/mol. The van der Waals surface area contributed by atoms with Crippen LogP contribution in [0.4, 0.5) is 0 Å². The van der Waals surface area contributed by atoms with E-state index in [1.807, 2.05) is 0 Å². The molecule has 0 aliphatic carbocycles. The molecule has 2 unspecified atom stereocenters. The molecule has 1 rings (SSSR count). The summed E-state index contributed by atoms with van der Waals surface area (Å²) in [4.78, 5) is 13.0. The average molecular weight is 199 g/mol. The van der Waals surface area contributed by atoms with E-state index in [1.54, 1.807) is 6.92 Å². The fourth-order valence-electron chi connectivity index (χ4n) is 2.12. The average Bonchev–Trinajstić information content (AvgIpc) is 2.14. The molecule has 0 bridgehead atoms. The van der Waals surface area contributed by atoms with Crippen LogP contribution in [0.1, 0.15) is 32.6 Å². The van der Waals surface area contributed by atoms with Gasteiger partial charge in [0.15, 0.2) is 0 Å². The van der Waals surface area contributed by atoms with Crippen LogP contribution in [0.15, 0.2) is 0 Å². The van der Waals surface area contributed by atoms with Crippen molar-refractivity contribution in [3.05, 3.63) is 0 Å². The number of carboxylic acid groups (broad SMARTS) is 1. The Hall–Kier alpha value is -0.570. The van der Waals surface area contributed by atoms with E-state index in [0.717, 1.165) is 25.3 Å². The van der Waals surface area contributed by atoms with Gasteiger partial charge in [0.05, 0.1) is 5.92 Å². The molecule has 3 heteroatoms. The highest BCUT2D eigenvalue weighted by Crippen LogP contribution is 2.22. The van der Waals surface area contributed by atoms with Gasteiger partial charge in [0.25, 0.3) is 0 Å². The lowest BCUT2D eigenvalue weighted by Gasteiger charge is -2.29. The van der Waals surface area contributed by atoms with E-state index in [0.29, 0.717) is 0 Å². The molecule has 14 heavy (non-hydrogen) atoms. The van der Waals surface area contributed by atoms with Gasteiger partial charge in [-0.1, -0.05) is 6.92 Å². The third-order valence-corrected chi connectivity index (χ3v) is 3.15. The van der Waals surface area contributed by atoms with Crippen LogP contribution in [0, 0.1) is 11.8 Å². The molecule has 1 aliphatic heterocycles. The number of aliphatic carboxylic acids is 1. The van der Waals surface area contributed by atoms with Crippen molar-refractivity contribution < 1.29 is 9.90 Å². The molecule has 1 aliphatic rings. The van der Waals surface area contributed by atoms with Crippen molar-refractivity contribution in [2.24, 2.45) is 11.8 Å². The van der Waals surface area contributed by atoms with Crippen LogP contribution >= 0.6 is 0 Å². The summed E-state index contributed by atoms with van der Waals surface area (Å²) in [6.07, 6.45) is 4.44. The Balaban J connectivity index is 2.20. The summed E-state index contributed by atoms with van der Waals surface area (Å²) in [5.41, 5.74) is 0. The Morgan fingerprint density at radius 3 is 2.93 bits per heavy atom. The van der Waals surface area contributed by atoms with E-state index in [2.05, 4.69) is 11.9 Å². The van der Waals surface area contributed by atoms with Gasteiger partial charge in [-0.05, 0) is 45.2 Å². The number of hydrogen-bond donors (Lipinski definition) is 1. The molecular weight excluding hydrogens is 178 g/mol. The summed E-state index contributed by atoms with van der Waals surface area (Å²) >= 11 is 0. The second-order valence-electron chi connectivity index (χ2n) is 4.59. The van der Waals surface area contributed by atoms with Crippen molar-refractivity contribution in [3.63, 3.8) is 0 Å². The zero-order chi connectivity index (χ0) is 10.6. The van der Waals surface area contributed by atoms with Crippen molar-refractivity contribution in [2.45, 2.75) is 32.6 Å². The van der Waals surface area contributed by atoms with Crippen molar-refractivity contribution in [1.82, 2.24) is 4.90 Å². The molecule has 0 aromatic rings. The first-order chi connectivity index (χ1) is 6.59. The molecule has 2 atom stereocenters. The summed E-state index contributed by atoms with van der Waals surface area (Å²) in [7, 11) is 2.15. The molecule has 82 valence electrons. The number of nitrogens with zero attached hydrogens (tertiary/aromatic N) is 1. The van der Waals surface area contributed by atoms with Gasteiger partial charge >= 0.3 is 5.97 Å². The standard InChI is InChI=1S/C11H21NO2/c1-9(11(13)14)5-6-10-4-3-7-12(2)8-10/h9-10H,3-8H2,1-2H3,(H,13,14). The minimum absolute atomic E-state index is 0.178. The van der Waals surface area contributed by atoms with Crippen molar-refractivity contribution >= 4 is 5.97 Å². The van der Waals surface area contributed by atoms with Crippen LogP contribution in [0.5, 0.6) is 0 Å². The van der Waals surface area contributed by atoms with Gasteiger partial charge in [-0.2, -0.15) is 0 Å². The lowest BCUT2D eigenvalue weighted by atomic mass is 9.90. The van der Waals surface area contributed by atoms with E-state index in [4.69, 9.17) is 5.11 Å². The highest BCUT2D eigenvalue weighted by molar-refractivity contribution is 5.69. The molecule has 1 N–H and O–H groups in total. The molecule has 0 saturated carbocycles. The van der Waals surface area contributed by atoms with Crippen LogP contribution < -0.4 is 0 Å². The molecule has 1 heterocycles. The van der Waals surface area contributed by atoms with Gasteiger partial charge in [-0.25, -0.2) is 0 Å². The molecule has 1 saturated heterocycles. The number of piperidine rings is 1. The predicted octanol–water partition coefficient (Wildman–Crippen LogP) is 1.83. The van der Waals surface area contributed by atoms with Crippen molar-refractivity contribution in [3.8, 4) is 0 Å². The maximum Gasteiger partial charge on any atom is 0.306 e. The van der Waals surface area contributed by atoms with Gasteiger partial charge in [0.1, 0.15) is 0 Å². The van der Waals surface area contributed by atoms with E-state index in [-0.39, 0.29) is 5.92 Å². The fraction of sp³-hybridized carbons (Fsp3) is 0.909. The zero-order valence-electron chi connectivity index (χ0n) is 9.20. The third kappa shape index (κ3) is 3.66. The topological polar surface area (TPSA) is 40.5 Å². The summed E-state index contributed by atoms with van der Waals surface area (Å²) < 4.78 is 0. The SMILES string of the molecule is CC(CCC1CCCN(C)C1)C(=O)O. The minimum atomic E-state index is -0.658. The molecule has 0 aromatic carbocycles. The van der Waals surface area contributed by atoms with Gasteiger partial charge in [0, 0.05) is 6.54 Å². The highest BCUT2D eigenvalue weighted by atomic mass is 16.4. The van der Waals surface area contributed by atoms with Crippen LogP contribution in [-0.4, -0.2) is 36.1 Å². The Morgan fingerprint density at radius 2 is 2.36 bits per heavy atom. The van der Waals surface area contributed by atoms with E-state index < -0.39 is 5.97 Å². The number of rotatable bonds is 4. The van der Waals surface area contributed by atoms with Gasteiger partial charge in [-0.3, -0.25) is 4.79 Å². The maximum absolute atomic E-state index is 10.6.